The van der Waals surface area contributed by atoms with Gasteiger partial charge in [-0.15, -0.1) is 15.9 Å². The number of rotatable bonds is 14. The van der Waals surface area contributed by atoms with Gasteiger partial charge < -0.3 is 29.8 Å². The fourth-order valence-corrected chi connectivity index (χ4v) is 2.50. The van der Waals surface area contributed by atoms with E-state index in [1.165, 1.54) is 11.3 Å². The van der Waals surface area contributed by atoms with Gasteiger partial charge in [-0.3, -0.25) is 11.3 Å². The monoisotopic (exact) mass is 422 g/mol. The Labute approximate surface area is 167 Å². The third kappa shape index (κ3) is 10.8. The average Bonchev–Trinajstić information content (AvgIpc) is 2.87. The molecule has 0 aromatic carbocycles. The minimum atomic E-state index is 0. The molecule has 0 atom stereocenters. The molecule has 0 aliphatic heterocycles. The van der Waals surface area contributed by atoms with E-state index in [4.69, 9.17) is 28.4 Å². The van der Waals surface area contributed by atoms with Crippen LogP contribution < -0.4 is 9.47 Å². The Kier molecular flexibility index (Phi) is 16.2. The normalized spacial score (nSPS) is 10.4. The van der Waals surface area contributed by atoms with Crippen molar-refractivity contribution in [1.82, 2.24) is 0 Å². The second kappa shape index (κ2) is 15.9. The van der Waals surface area contributed by atoms with Crippen LogP contribution in [0.4, 0.5) is 0 Å². The van der Waals surface area contributed by atoms with Crippen LogP contribution in [0, 0.1) is 5.38 Å². The molecule has 0 N–H and O–H groups in total. The van der Waals surface area contributed by atoms with E-state index in [1.807, 2.05) is 0 Å². The molecule has 0 saturated heterocycles. The molecule has 130 valence electrons. The van der Waals surface area contributed by atoms with Gasteiger partial charge in [-0.2, -0.15) is 0 Å². The van der Waals surface area contributed by atoms with Crippen molar-refractivity contribution in [3.8, 4) is 11.5 Å². The summed E-state index contributed by atoms with van der Waals surface area (Å²) < 4.78 is 32.6. The summed E-state index contributed by atoms with van der Waals surface area (Å²) in [4.78, 5) is 0. The number of methoxy groups -OCH3 is 2. The van der Waals surface area contributed by atoms with Gasteiger partial charge in [0.15, 0.2) is 0 Å². The van der Waals surface area contributed by atoms with Crippen molar-refractivity contribution in [2.45, 2.75) is 0 Å². The van der Waals surface area contributed by atoms with Crippen molar-refractivity contribution < 1.29 is 29.8 Å². The van der Waals surface area contributed by atoms with Crippen molar-refractivity contribution >= 4 is 50.3 Å². The van der Waals surface area contributed by atoms with Gasteiger partial charge >= 0.3 is 23.1 Å². The first kappa shape index (κ1) is 23.4. The molecule has 0 saturated carbocycles. The Morgan fingerprint density at radius 2 is 1.39 bits per heavy atom. The largest absolute Gasteiger partial charge is 2.00 e. The van der Waals surface area contributed by atoms with Gasteiger partial charge in [-0.1, -0.05) is 5.38 Å². The molecular weight excluding hydrogens is 400 g/mol. The van der Waals surface area contributed by atoms with Crippen molar-refractivity contribution in [2.24, 2.45) is 0 Å². The van der Waals surface area contributed by atoms with Crippen LogP contribution in [0.2, 0.25) is 0 Å². The van der Waals surface area contributed by atoms with E-state index in [9.17, 15) is 0 Å². The molecule has 1 aromatic heterocycles. The maximum absolute atomic E-state index is 5.66. The smallest absolute Gasteiger partial charge is 1.00 e. The molecule has 9 heteroatoms. The molecule has 0 bridgehead atoms. The third-order valence-corrected chi connectivity index (χ3v) is 3.93. The number of hydrogen-bond acceptors (Lipinski definition) is 7. The van der Waals surface area contributed by atoms with Crippen LogP contribution in [-0.2, 0) is 18.9 Å². The van der Waals surface area contributed by atoms with E-state index < -0.39 is 0 Å². The van der Waals surface area contributed by atoms with Gasteiger partial charge in [0.1, 0.15) is 6.61 Å². The molecule has 1 aromatic rings. The zero-order valence-electron chi connectivity index (χ0n) is 14.6. The van der Waals surface area contributed by atoms with Crippen LogP contribution >= 0.6 is 27.3 Å². The summed E-state index contributed by atoms with van der Waals surface area (Å²) in [6.07, 6.45) is 0. The molecule has 0 unspecified atom stereocenters. The van der Waals surface area contributed by atoms with Gasteiger partial charge in [-0.25, -0.2) is 0 Å². The molecule has 0 aliphatic carbocycles. The fourth-order valence-electron chi connectivity index (χ4n) is 1.38. The molecule has 1 heterocycles. The quantitative estimate of drug-likeness (QED) is 0.260. The summed E-state index contributed by atoms with van der Waals surface area (Å²) >= 11 is 4.82. The molecule has 0 radical (unpaired) electrons. The summed E-state index contributed by atoms with van der Waals surface area (Å²) in [5.74, 6) is 1.24. The topological polar surface area (TPSA) is 55.4 Å². The Bertz CT molecular complexity index is 399. The summed E-state index contributed by atoms with van der Waals surface area (Å²) in [6, 6.07) is 0. The zero-order valence-corrected chi connectivity index (χ0v) is 17.4. The standard InChI is InChI=1S/C14H22BrO6S.Mg.H/c1-16-3-5-18-7-9-20-12-11-22-14(15)13(12)21-10-8-19-6-4-17-2;;/h3-10H2,1-2H3;;/q-1;+2;-1. The summed E-state index contributed by atoms with van der Waals surface area (Å²) in [6.45, 7) is 4.12. The first-order chi connectivity index (χ1) is 10.8. The first-order valence-electron chi connectivity index (χ1n) is 6.88. The van der Waals surface area contributed by atoms with Crippen LogP contribution in [0.1, 0.15) is 1.43 Å². The van der Waals surface area contributed by atoms with Gasteiger partial charge in [0.05, 0.1) is 46.2 Å². The zero-order chi connectivity index (χ0) is 16.0. The molecular formula is C14H23BrMgO6S. The van der Waals surface area contributed by atoms with Gasteiger partial charge in [0, 0.05) is 25.7 Å². The van der Waals surface area contributed by atoms with Gasteiger partial charge in [0.2, 0.25) is 0 Å². The van der Waals surface area contributed by atoms with Crippen molar-refractivity contribution in [2.75, 3.05) is 67.1 Å². The predicted octanol–water partition coefficient (Wildman–Crippen LogP) is 2.13. The van der Waals surface area contributed by atoms with E-state index in [-0.39, 0.29) is 24.5 Å². The Morgan fingerprint density at radius 3 is 1.96 bits per heavy atom. The number of ether oxygens (including phenoxy) is 6. The van der Waals surface area contributed by atoms with E-state index in [1.54, 1.807) is 14.2 Å². The second-order valence-corrected chi connectivity index (χ2v) is 6.18. The molecule has 0 spiro atoms. The van der Waals surface area contributed by atoms with Crippen molar-refractivity contribution in [1.29, 1.82) is 0 Å². The third-order valence-electron chi connectivity index (χ3n) is 2.43. The maximum Gasteiger partial charge on any atom is 2.00 e. The minimum absolute atomic E-state index is 0. The minimum Gasteiger partial charge on any atom is -1.00 e. The van der Waals surface area contributed by atoms with Crippen LogP contribution in [0.25, 0.3) is 0 Å². The van der Waals surface area contributed by atoms with Gasteiger partial charge in [-0.05, 0) is 3.79 Å². The SMILES string of the molecule is COCCOCCOc1[c-]sc(Br)c1OCCOCCOC.[H-].[Mg+2]. The molecule has 0 aliphatic rings. The average molecular weight is 424 g/mol. The summed E-state index contributed by atoms with van der Waals surface area (Å²) in [5, 5.41) is 3.04. The molecule has 23 heavy (non-hydrogen) atoms. The van der Waals surface area contributed by atoms with E-state index in [0.717, 1.165) is 3.79 Å². The van der Waals surface area contributed by atoms with Crippen molar-refractivity contribution in [3.05, 3.63) is 9.17 Å². The Balaban J connectivity index is 0. The van der Waals surface area contributed by atoms with Crippen LogP contribution in [0.15, 0.2) is 3.79 Å². The van der Waals surface area contributed by atoms with E-state index in [0.29, 0.717) is 64.4 Å². The Morgan fingerprint density at radius 1 is 0.870 bits per heavy atom. The van der Waals surface area contributed by atoms with Crippen LogP contribution in [-0.4, -0.2) is 90.1 Å². The van der Waals surface area contributed by atoms with Crippen LogP contribution in [0.5, 0.6) is 11.5 Å². The predicted molar refractivity (Wildman–Crippen MR) is 94.1 cm³/mol. The number of thiophene rings is 1. The van der Waals surface area contributed by atoms with E-state index in [2.05, 4.69) is 21.3 Å². The number of halogens is 1. The molecule has 0 amide bonds. The number of hydrogen-bond donors (Lipinski definition) is 0. The second-order valence-electron chi connectivity index (χ2n) is 4.04. The fraction of sp³-hybridized carbons (Fsp3) is 0.714. The van der Waals surface area contributed by atoms with Crippen LogP contribution in [0.3, 0.4) is 0 Å². The van der Waals surface area contributed by atoms with Gasteiger partial charge in [0.25, 0.3) is 0 Å². The van der Waals surface area contributed by atoms with E-state index >= 15 is 0 Å². The summed E-state index contributed by atoms with van der Waals surface area (Å²) in [5.41, 5.74) is 0. The molecule has 6 nitrogen and oxygen atoms in total. The first-order valence-corrected chi connectivity index (χ1v) is 8.49. The Hall–Kier alpha value is 0.386. The molecule has 0 fully saturated rings. The van der Waals surface area contributed by atoms with Crippen molar-refractivity contribution in [3.63, 3.8) is 0 Å². The summed E-state index contributed by atoms with van der Waals surface area (Å²) in [7, 11) is 3.28. The molecule has 1 rings (SSSR count). The maximum atomic E-state index is 5.66.